The van der Waals surface area contributed by atoms with Crippen LogP contribution >= 0.6 is 0 Å². The summed E-state index contributed by atoms with van der Waals surface area (Å²) >= 11 is 0. The van der Waals surface area contributed by atoms with Gasteiger partial charge in [0.05, 0.1) is 19.8 Å². The van der Waals surface area contributed by atoms with Gasteiger partial charge in [-0.05, 0) is 12.5 Å². The summed E-state index contributed by atoms with van der Waals surface area (Å²) in [5.41, 5.74) is 0.364. The molecule has 0 aromatic heterocycles. The first-order valence-corrected chi connectivity index (χ1v) is 6.76. The van der Waals surface area contributed by atoms with Crippen LogP contribution < -0.4 is 0 Å². The van der Waals surface area contributed by atoms with Crippen LogP contribution in [0.2, 0.25) is 0 Å². The van der Waals surface area contributed by atoms with Gasteiger partial charge in [-0.25, -0.2) is 0 Å². The van der Waals surface area contributed by atoms with Gasteiger partial charge >= 0.3 is 5.97 Å². The predicted molar refractivity (Wildman–Crippen MR) is 76.1 cm³/mol. The van der Waals surface area contributed by atoms with E-state index in [0.717, 1.165) is 5.56 Å². The first-order chi connectivity index (χ1) is 9.45. The summed E-state index contributed by atoms with van der Waals surface area (Å²) in [6.45, 7) is 6.30. The fourth-order valence-electron chi connectivity index (χ4n) is 1.66. The highest BCUT2D eigenvalue weighted by Crippen LogP contribution is 2.20. The van der Waals surface area contributed by atoms with Crippen molar-refractivity contribution in [2.45, 2.75) is 33.8 Å². The molecule has 0 saturated heterocycles. The summed E-state index contributed by atoms with van der Waals surface area (Å²) in [5.74, 6) is -0.641. The third-order valence-electron chi connectivity index (χ3n) is 2.94. The fraction of sp³-hybridized carbons (Fsp3) is 0.500. The van der Waals surface area contributed by atoms with Gasteiger partial charge in [-0.2, -0.15) is 0 Å². The highest BCUT2D eigenvalue weighted by atomic mass is 16.5. The van der Waals surface area contributed by atoms with Crippen molar-refractivity contribution in [3.63, 3.8) is 0 Å². The van der Waals surface area contributed by atoms with E-state index in [1.165, 1.54) is 0 Å². The number of ether oxygens (including phenoxy) is 2. The molecule has 0 N–H and O–H groups in total. The van der Waals surface area contributed by atoms with E-state index in [1.807, 2.05) is 30.3 Å². The van der Waals surface area contributed by atoms with E-state index in [0.29, 0.717) is 6.61 Å². The summed E-state index contributed by atoms with van der Waals surface area (Å²) in [6.07, 6.45) is -0.199. The molecular formula is C16H22O4. The number of benzene rings is 1. The van der Waals surface area contributed by atoms with Gasteiger partial charge in [0.15, 0.2) is 5.78 Å². The van der Waals surface area contributed by atoms with Crippen molar-refractivity contribution in [3.05, 3.63) is 35.9 Å². The molecule has 0 fully saturated rings. The second kappa shape index (κ2) is 7.80. The molecule has 0 amide bonds. The first-order valence-electron chi connectivity index (χ1n) is 6.76. The van der Waals surface area contributed by atoms with Gasteiger partial charge in [0.25, 0.3) is 0 Å². The molecule has 0 heterocycles. The van der Waals surface area contributed by atoms with E-state index in [-0.39, 0.29) is 25.4 Å². The van der Waals surface area contributed by atoms with E-state index >= 15 is 0 Å². The molecule has 1 aromatic rings. The number of carbonyl (C=O) groups is 2. The third kappa shape index (κ3) is 5.53. The van der Waals surface area contributed by atoms with Crippen molar-refractivity contribution in [2.75, 3.05) is 13.2 Å². The van der Waals surface area contributed by atoms with Gasteiger partial charge in [-0.3, -0.25) is 9.59 Å². The Kier molecular flexibility index (Phi) is 6.39. The molecule has 0 spiro atoms. The third-order valence-corrected chi connectivity index (χ3v) is 2.94. The number of esters is 1. The van der Waals surface area contributed by atoms with Crippen LogP contribution in [0.5, 0.6) is 0 Å². The average Bonchev–Trinajstić information content (AvgIpc) is 2.40. The second-order valence-corrected chi connectivity index (χ2v) is 5.27. The van der Waals surface area contributed by atoms with E-state index in [2.05, 4.69) is 0 Å². The van der Waals surface area contributed by atoms with Gasteiger partial charge in [-0.15, -0.1) is 0 Å². The molecular weight excluding hydrogens is 256 g/mol. The number of hydrogen-bond donors (Lipinski definition) is 0. The van der Waals surface area contributed by atoms with Crippen LogP contribution in [-0.4, -0.2) is 25.0 Å². The number of rotatable bonds is 8. The lowest BCUT2D eigenvalue weighted by atomic mass is 9.87. The Bertz CT molecular complexity index is 437. The molecule has 0 aliphatic carbocycles. The van der Waals surface area contributed by atoms with Crippen molar-refractivity contribution in [1.82, 2.24) is 0 Å². The van der Waals surface area contributed by atoms with Crippen molar-refractivity contribution in [2.24, 2.45) is 5.41 Å². The van der Waals surface area contributed by atoms with Gasteiger partial charge in [-0.1, -0.05) is 44.2 Å². The Morgan fingerprint density at radius 3 is 2.40 bits per heavy atom. The number of carbonyl (C=O) groups excluding carboxylic acids is 2. The van der Waals surface area contributed by atoms with Crippen LogP contribution in [0.15, 0.2) is 30.3 Å². The molecule has 0 unspecified atom stereocenters. The quantitative estimate of drug-likeness (QED) is 0.542. The number of ketones is 1. The molecule has 110 valence electrons. The van der Waals surface area contributed by atoms with Crippen LogP contribution in [0.25, 0.3) is 0 Å². The molecule has 0 bridgehead atoms. The van der Waals surface area contributed by atoms with Crippen molar-refractivity contribution >= 4 is 11.8 Å². The Balaban J connectivity index is 2.40. The minimum atomic E-state index is -0.693. The first kappa shape index (κ1) is 16.4. The molecule has 0 aliphatic heterocycles. The molecule has 1 aromatic carbocycles. The summed E-state index contributed by atoms with van der Waals surface area (Å²) in [7, 11) is 0. The van der Waals surface area contributed by atoms with E-state index in [4.69, 9.17) is 9.47 Å². The molecule has 0 aliphatic rings. The minimum Gasteiger partial charge on any atom is -0.466 e. The SMILES string of the molecule is CCOC(=O)CC(=O)C(C)(C)COCc1ccccc1. The summed E-state index contributed by atoms with van der Waals surface area (Å²) in [5, 5.41) is 0. The van der Waals surface area contributed by atoms with E-state index in [9.17, 15) is 9.59 Å². The van der Waals surface area contributed by atoms with Gasteiger partial charge < -0.3 is 9.47 Å². The Morgan fingerprint density at radius 1 is 1.15 bits per heavy atom. The molecule has 4 nitrogen and oxygen atoms in total. The van der Waals surface area contributed by atoms with E-state index < -0.39 is 11.4 Å². The van der Waals surface area contributed by atoms with Crippen molar-refractivity contribution < 1.29 is 19.1 Å². The molecule has 0 saturated carbocycles. The molecule has 4 heteroatoms. The molecule has 0 radical (unpaired) electrons. The lowest BCUT2D eigenvalue weighted by Gasteiger charge is -2.22. The second-order valence-electron chi connectivity index (χ2n) is 5.27. The lowest BCUT2D eigenvalue weighted by Crippen LogP contribution is -2.31. The Hall–Kier alpha value is -1.68. The van der Waals surface area contributed by atoms with Crippen LogP contribution in [0, 0.1) is 5.41 Å². The van der Waals surface area contributed by atoms with Crippen LogP contribution in [0.4, 0.5) is 0 Å². The summed E-state index contributed by atoms with van der Waals surface area (Å²) < 4.78 is 10.4. The average molecular weight is 278 g/mol. The molecule has 0 atom stereocenters. The zero-order chi connectivity index (χ0) is 15.0. The fourth-order valence-corrected chi connectivity index (χ4v) is 1.66. The standard InChI is InChI=1S/C16H22O4/c1-4-20-15(18)10-14(17)16(2,3)12-19-11-13-8-6-5-7-9-13/h5-9H,4,10-12H2,1-3H3. The minimum absolute atomic E-state index is 0.163. The summed E-state index contributed by atoms with van der Waals surface area (Å²) in [6, 6.07) is 9.75. The van der Waals surface area contributed by atoms with Crippen molar-refractivity contribution in [1.29, 1.82) is 0 Å². The zero-order valence-corrected chi connectivity index (χ0v) is 12.3. The van der Waals surface area contributed by atoms with Crippen LogP contribution in [-0.2, 0) is 25.7 Å². The largest absolute Gasteiger partial charge is 0.466 e. The smallest absolute Gasteiger partial charge is 0.313 e. The van der Waals surface area contributed by atoms with E-state index in [1.54, 1.807) is 20.8 Å². The number of hydrogen-bond acceptors (Lipinski definition) is 4. The Morgan fingerprint density at radius 2 is 1.80 bits per heavy atom. The zero-order valence-electron chi connectivity index (χ0n) is 12.3. The van der Waals surface area contributed by atoms with Crippen LogP contribution in [0.3, 0.4) is 0 Å². The highest BCUT2D eigenvalue weighted by molar-refractivity contribution is 5.98. The van der Waals surface area contributed by atoms with Gasteiger partial charge in [0, 0.05) is 5.41 Å². The lowest BCUT2D eigenvalue weighted by molar-refractivity contribution is -0.148. The molecule has 20 heavy (non-hydrogen) atoms. The van der Waals surface area contributed by atoms with Crippen LogP contribution in [0.1, 0.15) is 32.8 Å². The Labute approximate surface area is 120 Å². The monoisotopic (exact) mass is 278 g/mol. The normalized spacial score (nSPS) is 11.2. The van der Waals surface area contributed by atoms with Crippen molar-refractivity contribution in [3.8, 4) is 0 Å². The maximum Gasteiger partial charge on any atom is 0.313 e. The summed E-state index contributed by atoms with van der Waals surface area (Å²) in [4.78, 5) is 23.3. The van der Waals surface area contributed by atoms with Gasteiger partial charge in [0.1, 0.15) is 6.42 Å². The number of Topliss-reactive ketones (excluding diaryl/α,β-unsaturated/α-hetero) is 1. The maximum atomic E-state index is 12.0. The highest BCUT2D eigenvalue weighted by Gasteiger charge is 2.29. The maximum absolute atomic E-state index is 12.0. The predicted octanol–water partition coefficient (Wildman–Crippen LogP) is 2.75. The van der Waals surface area contributed by atoms with Gasteiger partial charge in [0.2, 0.25) is 0 Å². The molecule has 1 rings (SSSR count). The topological polar surface area (TPSA) is 52.6 Å².